The summed E-state index contributed by atoms with van der Waals surface area (Å²) in [6, 6.07) is 3.09. The molecule has 1 nitrogen and oxygen atoms in total. The zero-order chi connectivity index (χ0) is 9.30. The smallest absolute Gasteiger partial charge is 0.253 e. The molecule has 0 aliphatic rings. The van der Waals surface area contributed by atoms with E-state index in [4.69, 9.17) is 34.8 Å². The molecule has 0 saturated carbocycles. The summed E-state index contributed by atoms with van der Waals surface area (Å²) in [6.45, 7) is 0. The Balaban J connectivity index is 3.36. The maximum Gasteiger partial charge on any atom is 0.253 e. The van der Waals surface area contributed by atoms with Crippen LogP contribution in [0.2, 0.25) is 10.0 Å². The van der Waals surface area contributed by atoms with Gasteiger partial charge in [-0.15, -0.1) is 0 Å². The lowest BCUT2D eigenvalue weighted by atomic mass is 10.2. The Morgan fingerprint density at radius 3 is 2.42 bits per heavy atom. The molecule has 0 amide bonds. The van der Waals surface area contributed by atoms with E-state index in [0.717, 1.165) is 0 Å². The summed E-state index contributed by atoms with van der Waals surface area (Å²) in [5.74, 6) is 0. The lowest BCUT2D eigenvalue weighted by molar-refractivity contribution is 0.108. The van der Waals surface area contributed by atoms with Crippen molar-refractivity contribution in [3.8, 4) is 0 Å². The molecule has 0 aliphatic carbocycles. The Morgan fingerprint density at radius 1 is 1.33 bits per heavy atom. The predicted molar refractivity (Wildman–Crippen MR) is 59.4 cm³/mol. The normalized spacial score (nSPS) is 10.0. The molecule has 0 aromatic heterocycles. The van der Waals surface area contributed by atoms with Crippen molar-refractivity contribution >= 4 is 62.6 Å². The summed E-state index contributed by atoms with van der Waals surface area (Å²) in [5, 5.41) is 0.254. The topological polar surface area (TPSA) is 17.1 Å². The largest absolute Gasteiger partial charge is 0.276 e. The minimum absolute atomic E-state index is 0.365. The van der Waals surface area contributed by atoms with E-state index in [1.165, 1.54) is 0 Å². The number of halogens is 4. The SMILES string of the molecule is O=C(Cl)c1ccc(Cl)c(Cl)c1I. The van der Waals surface area contributed by atoms with Crippen molar-refractivity contribution in [3.05, 3.63) is 31.3 Å². The van der Waals surface area contributed by atoms with E-state index in [2.05, 4.69) is 0 Å². The van der Waals surface area contributed by atoms with Crippen molar-refractivity contribution in [2.24, 2.45) is 0 Å². The Labute approximate surface area is 98.1 Å². The number of hydrogen-bond acceptors (Lipinski definition) is 1. The van der Waals surface area contributed by atoms with Gasteiger partial charge in [0.25, 0.3) is 5.24 Å². The highest BCUT2D eigenvalue weighted by atomic mass is 127. The summed E-state index contributed by atoms with van der Waals surface area (Å²) in [4.78, 5) is 10.8. The standard InChI is InChI=1S/C7H2Cl3IO/c8-4-2-1-3(7(10)12)6(11)5(4)9/h1-2H. The molecule has 64 valence electrons. The zero-order valence-electron chi connectivity index (χ0n) is 5.57. The van der Waals surface area contributed by atoms with Crippen molar-refractivity contribution in [1.82, 2.24) is 0 Å². The van der Waals surface area contributed by atoms with E-state index in [-0.39, 0.29) is 0 Å². The first kappa shape index (κ1) is 10.6. The Morgan fingerprint density at radius 2 is 1.92 bits per heavy atom. The van der Waals surface area contributed by atoms with Gasteiger partial charge in [-0.1, -0.05) is 23.2 Å². The van der Waals surface area contributed by atoms with Gasteiger partial charge < -0.3 is 0 Å². The quantitative estimate of drug-likeness (QED) is 0.431. The van der Waals surface area contributed by atoms with Gasteiger partial charge in [-0.25, -0.2) is 0 Å². The lowest BCUT2D eigenvalue weighted by Gasteiger charge is -2.02. The molecule has 0 N–H and O–H groups in total. The number of rotatable bonds is 1. The molecule has 0 bridgehead atoms. The Hall–Kier alpha value is 0.490. The molecule has 0 aliphatic heterocycles. The fourth-order valence-corrected chi connectivity index (χ4v) is 2.19. The van der Waals surface area contributed by atoms with E-state index in [0.29, 0.717) is 19.2 Å². The average Bonchev–Trinajstić information content (AvgIpc) is 2.00. The van der Waals surface area contributed by atoms with Crippen LogP contribution < -0.4 is 0 Å². The van der Waals surface area contributed by atoms with Crippen LogP contribution in [0.15, 0.2) is 12.1 Å². The van der Waals surface area contributed by atoms with Gasteiger partial charge in [0.15, 0.2) is 0 Å². The summed E-state index contributed by atoms with van der Waals surface area (Å²) >= 11 is 18.7. The molecule has 1 aromatic rings. The fraction of sp³-hybridized carbons (Fsp3) is 0. The highest BCUT2D eigenvalue weighted by molar-refractivity contribution is 14.1. The summed E-state index contributed by atoms with van der Waals surface area (Å²) < 4.78 is 0.585. The third-order valence-electron chi connectivity index (χ3n) is 1.25. The average molecular weight is 335 g/mol. The number of carbonyl (C=O) groups excluding carboxylic acids is 1. The third-order valence-corrected chi connectivity index (χ3v) is 3.69. The number of carbonyl (C=O) groups is 1. The Bertz CT molecular complexity index is 338. The van der Waals surface area contributed by atoms with E-state index in [1.807, 2.05) is 22.6 Å². The third kappa shape index (κ3) is 2.05. The van der Waals surface area contributed by atoms with Crippen LogP contribution >= 0.6 is 57.4 Å². The molecule has 5 heteroatoms. The molecule has 0 unspecified atom stereocenters. The van der Waals surface area contributed by atoms with Gasteiger partial charge in [-0.2, -0.15) is 0 Å². The predicted octanol–water partition coefficient (Wildman–Crippen LogP) is 3.98. The van der Waals surface area contributed by atoms with Crippen LogP contribution in [0.3, 0.4) is 0 Å². The molecule has 0 fully saturated rings. The van der Waals surface area contributed by atoms with Gasteiger partial charge in [0.2, 0.25) is 0 Å². The molecular formula is C7H2Cl3IO. The summed E-state index contributed by atoms with van der Waals surface area (Å²) in [5.41, 5.74) is 0.381. The van der Waals surface area contributed by atoms with Gasteiger partial charge in [-0.3, -0.25) is 4.79 Å². The zero-order valence-corrected chi connectivity index (χ0v) is 10.0. The van der Waals surface area contributed by atoms with E-state index < -0.39 is 5.24 Å². The molecular weight excluding hydrogens is 333 g/mol. The number of hydrogen-bond donors (Lipinski definition) is 0. The van der Waals surface area contributed by atoms with Gasteiger partial charge in [-0.05, 0) is 46.3 Å². The van der Waals surface area contributed by atoms with Crippen molar-refractivity contribution in [1.29, 1.82) is 0 Å². The first-order valence-corrected chi connectivity index (χ1v) is 5.08. The highest BCUT2D eigenvalue weighted by Crippen LogP contribution is 2.30. The molecule has 0 radical (unpaired) electrons. The maximum absolute atomic E-state index is 10.8. The second-order valence-electron chi connectivity index (χ2n) is 2.00. The monoisotopic (exact) mass is 334 g/mol. The van der Waals surface area contributed by atoms with Crippen molar-refractivity contribution in [3.63, 3.8) is 0 Å². The van der Waals surface area contributed by atoms with E-state index in [9.17, 15) is 4.79 Å². The fourth-order valence-electron chi connectivity index (χ4n) is 0.678. The van der Waals surface area contributed by atoms with Gasteiger partial charge in [0.05, 0.1) is 10.0 Å². The van der Waals surface area contributed by atoms with Crippen LogP contribution in [0.1, 0.15) is 10.4 Å². The van der Waals surface area contributed by atoms with E-state index >= 15 is 0 Å². The van der Waals surface area contributed by atoms with Crippen molar-refractivity contribution < 1.29 is 4.79 Å². The molecule has 0 heterocycles. The summed E-state index contributed by atoms with van der Waals surface area (Å²) in [7, 11) is 0. The van der Waals surface area contributed by atoms with Gasteiger partial charge in [0.1, 0.15) is 0 Å². The molecule has 0 saturated heterocycles. The molecule has 0 atom stereocenters. The van der Waals surface area contributed by atoms with Gasteiger partial charge in [0, 0.05) is 9.13 Å². The summed E-state index contributed by atoms with van der Waals surface area (Å²) in [6.07, 6.45) is 0. The molecule has 1 rings (SSSR count). The Kier molecular flexibility index (Phi) is 3.64. The second-order valence-corrected chi connectivity index (χ2v) is 4.20. The van der Waals surface area contributed by atoms with Crippen LogP contribution in [0.25, 0.3) is 0 Å². The molecule has 1 aromatic carbocycles. The minimum atomic E-state index is -0.530. The minimum Gasteiger partial charge on any atom is -0.276 e. The molecule has 12 heavy (non-hydrogen) atoms. The van der Waals surface area contributed by atoms with Gasteiger partial charge >= 0.3 is 0 Å². The first-order valence-electron chi connectivity index (χ1n) is 2.87. The van der Waals surface area contributed by atoms with Crippen molar-refractivity contribution in [2.75, 3.05) is 0 Å². The lowest BCUT2D eigenvalue weighted by Crippen LogP contribution is -1.93. The highest BCUT2D eigenvalue weighted by Gasteiger charge is 2.12. The van der Waals surface area contributed by atoms with Crippen LogP contribution in [0, 0.1) is 3.57 Å². The first-order chi connectivity index (χ1) is 5.54. The number of benzene rings is 1. The molecule has 0 spiro atoms. The van der Waals surface area contributed by atoms with Crippen LogP contribution in [-0.4, -0.2) is 5.24 Å². The van der Waals surface area contributed by atoms with E-state index in [1.54, 1.807) is 12.1 Å². The maximum atomic E-state index is 10.8. The second kappa shape index (κ2) is 4.13. The van der Waals surface area contributed by atoms with Crippen molar-refractivity contribution in [2.45, 2.75) is 0 Å². The van der Waals surface area contributed by atoms with Crippen LogP contribution in [-0.2, 0) is 0 Å². The van der Waals surface area contributed by atoms with Crippen LogP contribution in [0.4, 0.5) is 0 Å². The van der Waals surface area contributed by atoms with Crippen LogP contribution in [0.5, 0.6) is 0 Å².